The number of hydrogen-bond acceptors (Lipinski definition) is 11. The van der Waals surface area contributed by atoms with E-state index in [0.29, 0.717) is 65.0 Å². The summed E-state index contributed by atoms with van der Waals surface area (Å²) in [6.45, 7) is 7.47. The number of aliphatic imine (C=N–C) groups is 1. The molecular weight excluding hydrogens is 813 g/mol. The Bertz CT molecular complexity index is 2570. The van der Waals surface area contributed by atoms with E-state index in [1.54, 1.807) is 24.1 Å². The van der Waals surface area contributed by atoms with Crippen molar-refractivity contribution in [2.45, 2.75) is 102 Å². The quantitative estimate of drug-likeness (QED) is 0.214. The lowest BCUT2D eigenvalue weighted by Crippen LogP contribution is -2.57. The third kappa shape index (κ3) is 8.01. The number of fused-ring (bicyclic) bond motifs is 7. The van der Waals surface area contributed by atoms with Gasteiger partial charge in [-0.15, -0.1) is 0 Å². The molecule has 3 fully saturated rings. The molecule has 1 saturated carbocycles. The zero-order chi connectivity index (χ0) is 44.9. The lowest BCUT2D eigenvalue weighted by molar-refractivity contribution is -0.129. The van der Waals surface area contributed by atoms with E-state index in [0.717, 1.165) is 81.3 Å². The smallest absolute Gasteiger partial charge is 0.258 e. The van der Waals surface area contributed by atoms with Crippen LogP contribution in [0.5, 0.6) is 0 Å². The third-order valence-corrected chi connectivity index (χ3v) is 13.9. The van der Waals surface area contributed by atoms with E-state index in [9.17, 15) is 24.3 Å². The normalized spacial score (nSPS) is 24.2. The van der Waals surface area contributed by atoms with Gasteiger partial charge in [0.05, 0.1) is 40.4 Å². The zero-order valence-corrected chi connectivity index (χ0v) is 37.1. The Balaban J connectivity index is 0.879. The number of carbonyl (C=O) groups excluding carboxylic acids is 4. The minimum atomic E-state index is -1.09. The van der Waals surface area contributed by atoms with Crippen LogP contribution < -0.4 is 21.3 Å². The number of aryl methyl sites for hydroxylation is 1. The number of ether oxygens (including phenoxy) is 1. The zero-order valence-electron chi connectivity index (χ0n) is 37.1. The van der Waals surface area contributed by atoms with Crippen LogP contribution in [0.15, 0.2) is 59.7 Å². The standard InChI is InChI=1S/C48H58N10O6/c1-28-7-6-22-64-44(50-3)34(26-49)36-24-32(23-29(2)51-36)42(60)54-47-52-35-11-10-31(25-39(35)57(47)27-28)45(62)55(4)33-15-20-56(21-16-33)19-14-30-8-5-9-37-41(30)48(17-18-48)46(63)58(37)38-12-13-40(59)53-43(38)61/h5,8-11,23-26,28,33,38,43,61H,6-7,12-22,27,49H2,1-4H3,(H,53,59)(H,52,54,60)/t28-,38?,43?/m1/s1. The number of rotatable bonds is 6. The molecule has 2 aromatic heterocycles. The van der Waals surface area contributed by atoms with Gasteiger partial charge in [-0.05, 0) is 112 Å². The molecule has 4 amide bonds. The number of nitrogens with one attached hydrogen (secondary N) is 2. The molecule has 2 unspecified atom stereocenters. The van der Waals surface area contributed by atoms with Gasteiger partial charge in [0.15, 0.2) is 0 Å². The van der Waals surface area contributed by atoms with Crippen LogP contribution in [-0.2, 0) is 32.7 Å². The van der Waals surface area contributed by atoms with Crippen LogP contribution in [0.4, 0.5) is 11.6 Å². The molecule has 336 valence electrons. The third-order valence-electron chi connectivity index (χ3n) is 13.9. The molecule has 5 aliphatic rings. The average molecular weight is 871 g/mol. The summed E-state index contributed by atoms with van der Waals surface area (Å²) in [5.41, 5.74) is 12.7. The number of likely N-dealkylation sites (tertiary alicyclic amines) is 1. The molecule has 4 aromatic rings. The highest BCUT2D eigenvalue weighted by Crippen LogP contribution is 2.59. The number of nitrogens with zero attached hydrogens (tertiary/aromatic N) is 7. The first kappa shape index (κ1) is 43.1. The number of hydrogen-bond donors (Lipinski definition) is 4. The number of carbonyl (C=O) groups is 4. The topological polar surface area (TPSA) is 201 Å². The van der Waals surface area contributed by atoms with Crippen molar-refractivity contribution in [1.29, 1.82) is 0 Å². The summed E-state index contributed by atoms with van der Waals surface area (Å²) in [5, 5.41) is 16.4. The van der Waals surface area contributed by atoms with Crippen molar-refractivity contribution < 1.29 is 29.0 Å². The average Bonchev–Trinajstić information content (AvgIpc) is 3.98. The summed E-state index contributed by atoms with van der Waals surface area (Å²) in [6, 6.07) is 14.7. The second-order valence-corrected chi connectivity index (χ2v) is 18.2. The molecule has 16 nitrogen and oxygen atoms in total. The number of imidazole rings is 1. The second kappa shape index (κ2) is 17.4. The van der Waals surface area contributed by atoms with Crippen LogP contribution in [0.1, 0.15) is 102 Å². The van der Waals surface area contributed by atoms with E-state index in [1.165, 1.54) is 11.8 Å². The van der Waals surface area contributed by atoms with Crippen LogP contribution >= 0.6 is 0 Å². The fraction of sp³-hybridized carbons (Fsp3) is 0.479. The van der Waals surface area contributed by atoms with E-state index in [-0.39, 0.29) is 42.0 Å². The molecule has 3 atom stereocenters. The van der Waals surface area contributed by atoms with Gasteiger partial charge >= 0.3 is 0 Å². The fourth-order valence-electron chi connectivity index (χ4n) is 10.3. The van der Waals surface area contributed by atoms with Crippen molar-refractivity contribution in [3.63, 3.8) is 0 Å². The molecule has 64 heavy (non-hydrogen) atoms. The monoisotopic (exact) mass is 870 g/mol. The first-order valence-electron chi connectivity index (χ1n) is 22.6. The van der Waals surface area contributed by atoms with Gasteiger partial charge in [-0.2, -0.15) is 0 Å². The van der Waals surface area contributed by atoms with Gasteiger partial charge in [0.25, 0.3) is 11.8 Å². The molecule has 5 N–H and O–H groups in total. The Kier molecular flexibility index (Phi) is 11.8. The minimum Gasteiger partial charge on any atom is -0.477 e. The highest BCUT2D eigenvalue weighted by molar-refractivity contribution is 6.19. The highest BCUT2D eigenvalue weighted by Gasteiger charge is 2.61. The number of pyridine rings is 1. The fourth-order valence-corrected chi connectivity index (χ4v) is 10.3. The van der Waals surface area contributed by atoms with E-state index in [1.807, 2.05) is 53.8 Å². The number of anilines is 2. The molecule has 9 rings (SSSR count). The van der Waals surface area contributed by atoms with Gasteiger partial charge < -0.3 is 40.2 Å². The summed E-state index contributed by atoms with van der Waals surface area (Å²) in [4.78, 5) is 73.9. The van der Waals surface area contributed by atoms with Crippen LogP contribution in [0.2, 0.25) is 0 Å². The molecule has 16 heteroatoms. The Morgan fingerprint density at radius 3 is 2.61 bits per heavy atom. The summed E-state index contributed by atoms with van der Waals surface area (Å²) >= 11 is 0. The van der Waals surface area contributed by atoms with Gasteiger partial charge in [-0.1, -0.05) is 19.1 Å². The Morgan fingerprint density at radius 1 is 1.08 bits per heavy atom. The molecule has 0 radical (unpaired) electrons. The van der Waals surface area contributed by atoms with E-state index >= 15 is 0 Å². The summed E-state index contributed by atoms with van der Waals surface area (Å²) < 4.78 is 8.09. The first-order chi connectivity index (χ1) is 30.9. The molecule has 2 bridgehead atoms. The molecular formula is C48H58N10O6. The van der Waals surface area contributed by atoms with Crippen LogP contribution in [0.3, 0.4) is 0 Å². The maximum atomic E-state index is 14.2. The van der Waals surface area contributed by atoms with Gasteiger partial charge in [-0.25, -0.2) is 4.98 Å². The SMILES string of the molecule is CN=C1OCCC[C@@H](C)Cn2c(nc3ccc(C(=O)N(C)C4CCN(CCc5cccc6c5C5(CC5)C(=O)N6C5CCC(=O)NC5O)CC4)cc32)NC(=O)c2cc(C)nc(c2)C1=CN. The van der Waals surface area contributed by atoms with E-state index in [4.69, 9.17) is 15.5 Å². The summed E-state index contributed by atoms with van der Waals surface area (Å²) in [7, 11) is 3.53. The Hall–Kier alpha value is -6.13. The number of nitrogens with two attached hydrogens (primary N) is 1. The number of benzene rings is 2. The lowest BCUT2D eigenvalue weighted by Gasteiger charge is -2.37. The maximum absolute atomic E-state index is 14.2. The van der Waals surface area contributed by atoms with Crippen molar-refractivity contribution in [3.05, 3.63) is 88.4 Å². The molecule has 1 aliphatic carbocycles. The first-order valence-corrected chi connectivity index (χ1v) is 22.6. The van der Waals surface area contributed by atoms with Gasteiger partial charge in [-0.3, -0.25) is 34.5 Å². The summed E-state index contributed by atoms with van der Waals surface area (Å²) in [5.74, 6) is 0.380. The minimum absolute atomic E-state index is 0.0433. The number of aromatic nitrogens is 3. The van der Waals surface area contributed by atoms with E-state index in [2.05, 4.69) is 38.5 Å². The maximum Gasteiger partial charge on any atom is 0.258 e. The second-order valence-electron chi connectivity index (χ2n) is 18.2. The molecule has 1 spiro atoms. The summed E-state index contributed by atoms with van der Waals surface area (Å²) in [6.07, 6.45) is 6.67. The van der Waals surface area contributed by atoms with Crippen LogP contribution in [0, 0.1) is 12.8 Å². The molecule has 6 heterocycles. The Morgan fingerprint density at radius 2 is 1.88 bits per heavy atom. The van der Waals surface area contributed by atoms with Gasteiger partial charge in [0.1, 0.15) is 6.23 Å². The van der Waals surface area contributed by atoms with Crippen LogP contribution in [0.25, 0.3) is 16.6 Å². The van der Waals surface area contributed by atoms with Crippen molar-refractivity contribution in [2.24, 2.45) is 16.6 Å². The Labute approximate surface area is 372 Å². The number of piperidine rings is 2. The predicted molar refractivity (Wildman–Crippen MR) is 244 cm³/mol. The molecule has 2 aromatic carbocycles. The van der Waals surface area contributed by atoms with Crippen molar-refractivity contribution >= 4 is 57.8 Å². The van der Waals surface area contributed by atoms with Crippen molar-refractivity contribution in [2.75, 3.05) is 50.6 Å². The van der Waals surface area contributed by atoms with Gasteiger partial charge in [0, 0.05) is 81.4 Å². The molecule has 4 aliphatic heterocycles. The van der Waals surface area contributed by atoms with Gasteiger partial charge in [0.2, 0.25) is 23.7 Å². The number of aliphatic hydroxyl groups excluding tert-OH is 1. The van der Waals surface area contributed by atoms with Crippen molar-refractivity contribution in [3.8, 4) is 0 Å². The molecule has 2 saturated heterocycles. The van der Waals surface area contributed by atoms with Crippen LogP contribution in [-0.4, -0.2) is 118 Å². The highest BCUT2D eigenvalue weighted by atomic mass is 16.5. The van der Waals surface area contributed by atoms with E-state index < -0.39 is 17.7 Å². The largest absolute Gasteiger partial charge is 0.477 e. The number of aliphatic hydroxyl groups is 1. The predicted octanol–water partition coefficient (Wildman–Crippen LogP) is 4.52. The lowest BCUT2D eigenvalue weighted by atomic mass is 9.91. The van der Waals surface area contributed by atoms with Crippen molar-refractivity contribution in [1.82, 2.24) is 29.7 Å². The number of amides is 4.